The zero-order chi connectivity index (χ0) is 21.8. The van der Waals surface area contributed by atoms with E-state index in [4.69, 9.17) is 4.74 Å². The maximum absolute atomic E-state index is 12.6. The zero-order valence-electron chi connectivity index (χ0n) is 18.0. The van der Waals surface area contributed by atoms with Gasteiger partial charge >= 0.3 is 0 Å². The number of carbonyl (C=O) groups is 2. The summed E-state index contributed by atoms with van der Waals surface area (Å²) < 4.78 is 5.61. The number of hydrogen-bond acceptors (Lipinski definition) is 7. The average molecular weight is 444 g/mol. The maximum Gasteiger partial charge on any atom is 0.238 e. The standard InChI is InChI=1S/C22H29N5O3S/c1-14-5-6-15(2)17(12-14)23-20(29)13-27(16-7-8-16)10-9-19(28)24-22-26-25-21(31-22)18-4-3-11-30-18/h5-6,12,16,18H,3-4,7-11,13H2,1-2H3,(H,23,29)(H,24,26,28). The van der Waals surface area contributed by atoms with Gasteiger partial charge in [0.05, 0.1) is 6.54 Å². The summed E-state index contributed by atoms with van der Waals surface area (Å²) in [6.07, 6.45) is 4.42. The van der Waals surface area contributed by atoms with Gasteiger partial charge in [-0.2, -0.15) is 0 Å². The van der Waals surface area contributed by atoms with E-state index < -0.39 is 0 Å². The maximum atomic E-state index is 12.6. The van der Waals surface area contributed by atoms with Gasteiger partial charge < -0.3 is 15.4 Å². The lowest BCUT2D eigenvalue weighted by Gasteiger charge is -2.21. The number of benzene rings is 1. The number of rotatable bonds is 9. The van der Waals surface area contributed by atoms with E-state index >= 15 is 0 Å². The molecular formula is C22H29N5O3S. The molecule has 1 aliphatic heterocycles. The molecule has 2 fully saturated rings. The van der Waals surface area contributed by atoms with Crippen LogP contribution in [0.5, 0.6) is 0 Å². The zero-order valence-corrected chi connectivity index (χ0v) is 18.8. The van der Waals surface area contributed by atoms with Crippen molar-refractivity contribution in [1.82, 2.24) is 15.1 Å². The van der Waals surface area contributed by atoms with E-state index in [1.165, 1.54) is 11.3 Å². The Kier molecular flexibility index (Phi) is 6.94. The molecule has 1 aromatic carbocycles. The molecule has 166 valence electrons. The quantitative estimate of drug-likeness (QED) is 0.616. The highest BCUT2D eigenvalue weighted by molar-refractivity contribution is 7.15. The van der Waals surface area contributed by atoms with Crippen molar-refractivity contribution in [2.24, 2.45) is 0 Å². The van der Waals surface area contributed by atoms with Crippen molar-refractivity contribution in [3.63, 3.8) is 0 Å². The number of nitrogens with one attached hydrogen (secondary N) is 2. The van der Waals surface area contributed by atoms with Gasteiger partial charge in [0.25, 0.3) is 0 Å². The Bertz CT molecular complexity index is 937. The molecule has 2 heterocycles. The van der Waals surface area contributed by atoms with E-state index in [0.29, 0.717) is 24.1 Å². The first-order valence-corrected chi connectivity index (χ1v) is 11.7. The van der Waals surface area contributed by atoms with Gasteiger partial charge in [-0.1, -0.05) is 23.5 Å². The highest BCUT2D eigenvalue weighted by atomic mass is 32.1. The SMILES string of the molecule is Cc1ccc(C)c(NC(=O)CN(CCC(=O)Nc2nnc(C3CCCO3)s2)C2CC2)c1. The second-order valence-electron chi connectivity index (χ2n) is 8.31. The fourth-order valence-corrected chi connectivity index (χ4v) is 4.53. The fourth-order valence-electron chi connectivity index (χ4n) is 3.69. The Balaban J connectivity index is 1.26. The van der Waals surface area contributed by atoms with Crippen LogP contribution in [-0.4, -0.2) is 52.6 Å². The Morgan fingerprint density at radius 2 is 2.00 bits per heavy atom. The largest absolute Gasteiger partial charge is 0.371 e. The number of aromatic nitrogens is 2. The summed E-state index contributed by atoms with van der Waals surface area (Å²) in [7, 11) is 0. The van der Waals surface area contributed by atoms with Crippen LogP contribution in [0.25, 0.3) is 0 Å². The molecule has 0 radical (unpaired) electrons. The highest BCUT2D eigenvalue weighted by Gasteiger charge is 2.30. The van der Waals surface area contributed by atoms with E-state index in [2.05, 4.69) is 25.7 Å². The van der Waals surface area contributed by atoms with Crippen molar-refractivity contribution in [2.75, 3.05) is 30.3 Å². The average Bonchev–Trinajstić information content (AvgIpc) is 3.22. The smallest absolute Gasteiger partial charge is 0.238 e. The van der Waals surface area contributed by atoms with E-state index in [0.717, 1.165) is 54.1 Å². The van der Waals surface area contributed by atoms with Gasteiger partial charge in [-0.25, -0.2) is 0 Å². The first-order valence-electron chi connectivity index (χ1n) is 10.8. The number of amides is 2. The molecule has 4 rings (SSSR count). The first kappa shape index (κ1) is 21.9. The lowest BCUT2D eigenvalue weighted by molar-refractivity contribution is -0.119. The van der Waals surface area contributed by atoms with Gasteiger partial charge in [-0.3, -0.25) is 14.5 Å². The van der Waals surface area contributed by atoms with Gasteiger partial charge in [0.15, 0.2) is 0 Å². The predicted octanol–water partition coefficient (Wildman–Crippen LogP) is 3.44. The molecular weight excluding hydrogens is 414 g/mol. The van der Waals surface area contributed by atoms with E-state index in [1.807, 2.05) is 32.0 Å². The Hall–Kier alpha value is -2.36. The number of hydrogen-bond donors (Lipinski definition) is 2. The van der Waals surface area contributed by atoms with Crippen LogP contribution >= 0.6 is 11.3 Å². The lowest BCUT2D eigenvalue weighted by Crippen LogP contribution is -2.37. The van der Waals surface area contributed by atoms with Crippen molar-refractivity contribution < 1.29 is 14.3 Å². The second kappa shape index (κ2) is 9.84. The minimum absolute atomic E-state index is 0.00376. The summed E-state index contributed by atoms with van der Waals surface area (Å²) in [4.78, 5) is 27.1. The predicted molar refractivity (Wildman–Crippen MR) is 120 cm³/mol. The van der Waals surface area contributed by atoms with E-state index in [1.54, 1.807) is 0 Å². The second-order valence-corrected chi connectivity index (χ2v) is 9.32. The summed E-state index contributed by atoms with van der Waals surface area (Å²) >= 11 is 1.37. The molecule has 1 saturated heterocycles. The van der Waals surface area contributed by atoms with Crippen LogP contribution in [0, 0.1) is 13.8 Å². The number of carbonyl (C=O) groups excluding carboxylic acids is 2. The molecule has 2 aromatic rings. The number of anilines is 2. The molecule has 2 N–H and O–H groups in total. The molecule has 1 saturated carbocycles. The van der Waals surface area contributed by atoms with Crippen molar-refractivity contribution in [3.8, 4) is 0 Å². The van der Waals surface area contributed by atoms with Crippen LogP contribution in [0.3, 0.4) is 0 Å². The lowest BCUT2D eigenvalue weighted by atomic mass is 10.1. The van der Waals surface area contributed by atoms with Crippen molar-refractivity contribution in [3.05, 3.63) is 34.3 Å². The normalized spacial score (nSPS) is 18.4. The molecule has 31 heavy (non-hydrogen) atoms. The van der Waals surface area contributed by atoms with Gasteiger partial charge in [-0.05, 0) is 56.7 Å². The minimum atomic E-state index is -0.115. The van der Waals surface area contributed by atoms with Gasteiger partial charge in [0.1, 0.15) is 11.1 Å². The van der Waals surface area contributed by atoms with E-state index in [-0.39, 0.29) is 24.5 Å². The molecule has 1 aliphatic carbocycles. The monoisotopic (exact) mass is 443 g/mol. The molecule has 0 spiro atoms. The van der Waals surface area contributed by atoms with Crippen LogP contribution < -0.4 is 10.6 Å². The summed E-state index contributed by atoms with van der Waals surface area (Å²) in [6, 6.07) is 6.40. The molecule has 1 aromatic heterocycles. The number of aryl methyl sites for hydroxylation is 2. The van der Waals surface area contributed by atoms with Crippen LogP contribution in [0.1, 0.15) is 54.3 Å². The van der Waals surface area contributed by atoms with Gasteiger partial charge in [0.2, 0.25) is 16.9 Å². The number of nitrogens with zero attached hydrogens (tertiary/aromatic N) is 3. The molecule has 2 aliphatic rings. The highest BCUT2D eigenvalue weighted by Crippen LogP contribution is 2.32. The molecule has 9 heteroatoms. The van der Waals surface area contributed by atoms with Crippen LogP contribution in [0.15, 0.2) is 18.2 Å². The van der Waals surface area contributed by atoms with Crippen molar-refractivity contribution >= 4 is 34.0 Å². The Labute approximate surface area is 186 Å². The van der Waals surface area contributed by atoms with Gasteiger partial charge in [0, 0.05) is 31.3 Å². The molecule has 8 nitrogen and oxygen atoms in total. The summed E-state index contributed by atoms with van der Waals surface area (Å²) in [5.74, 6) is -0.165. The van der Waals surface area contributed by atoms with Crippen LogP contribution in [-0.2, 0) is 14.3 Å². The molecule has 2 amide bonds. The third-order valence-corrected chi connectivity index (χ3v) is 6.53. The Morgan fingerprint density at radius 1 is 1.16 bits per heavy atom. The summed E-state index contributed by atoms with van der Waals surface area (Å²) in [5, 5.41) is 15.4. The summed E-state index contributed by atoms with van der Waals surface area (Å²) in [6.45, 7) is 5.56. The number of ether oxygens (including phenoxy) is 1. The van der Waals surface area contributed by atoms with Crippen LogP contribution in [0.2, 0.25) is 0 Å². The fraction of sp³-hybridized carbons (Fsp3) is 0.545. The topological polar surface area (TPSA) is 96.5 Å². The molecule has 0 bridgehead atoms. The van der Waals surface area contributed by atoms with E-state index in [9.17, 15) is 9.59 Å². The third kappa shape index (κ3) is 6.09. The van der Waals surface area contributed by atoms with Gasteiger partial charge in [-0.15, -0.1) is 10.2 Å². The Morgan fingerprint density at radius 3 is 2.74 bits per heavy atom. The minimum Gasteiger partial charge on any atom is -0.371 e. The molecule has 1 unspecified atom stereocenters. The third-order valence-electron chi connectivity index (χ3n) is 5.60. The van der Waals surface area contributed by atoms with Crippen LogP contribution in [0.4, 0.5) is 10.8 Å². The molecule has 1 atom stereocenters. The van der Waals surface area contributed by atoms with Crippen molar-refractivity contribution in [1.29, 1.82) is 0 Å². The first-order chi connectivity index (χ1) is 15.0. The summed E-state index contributed by atoms with van der Waals surface area (Å²) in [5.41, 5.74) is 2.99. The van der Waals surface area contributed by atoms with Crippen molar-refractivity contribution in [2.45, 2.75) is 58.1 Å².